The lowest BCUT2D eigenvalue weighted by Gasteiger charge is -2.21. The number of hydrogen-bond acceptors (Lipinski definition) is 6. The standard InChI is InChI=1S/C10H6F4I2N2O6/c11-9(12,1-19)3-5(15)8(18(23)24)4(10(13,14)2-20)6(16)7(3)17(21)22/h19-20H,1-2H2. The van der Waals surface area contributed by atoms with E-state index in [0.29, 0.717) is 0 Å². The van der Waals surface area contributed by atoms with Gasteiger partial charge in [-0.25, -0.2) is 0 Å². The molecule has 0 fully saturated rings. The Kier molecular flexibility index (Phi) is 6.31. The number of rotatable bonds is 6. The second kappa shape index (κ2) is 7.16. The number of benzene rings is 1. The molecule has 0 aromatic heterocycles. The molecule has 14 heteroatoms. The Morgan fingerprint density at radius 2 is 1.08 bits per heavy atom. The molecule has 2 N–H and O–H groups in total. The summed E-state index contributed by atoms with van der Waals surface area (Å²) in [6.45, 7) is -3.85. The van der Waals surface area contributed by atoms with Gasteiger partial charge < -0.3 is 10.2 Å². The van der Waals surface area contributed by atoms with E-state index in [0.717, 1.165) is 45.2 Å². The molecule has 0 unspecified atom stereocenters. The summed E-state index contributed by atoms with van der Waals surface area (Å²) in [4.78, 5) is 19.4. The lowest BCUT2D eigenvalue weighted by molar-refractivity contribution is -0.394. The average Bonchev–Trinajstić information content (AvgIpc) is 2.47. The summed E-state index contributed by atoms with van der Waals surface area (Å²) in [6, 6.07) is 0. The van der Waals surface area contributed by atoms with Gasteiger partial charge in [-0.15, -0.1) is 0 Å². The highest BCUT2D eigenvalue weighted by molar-refractivity contribution is 14.1. The van der Waals surface area contributed by atoms with Gasteiger partial charge in [-0.1, -0.05) is 0 Å². The van der Waals surface area contributed by atoms with E-state index in [1.54, 1.807) is 0 Å². The summed E-state index contributed by atoms with van der Waals surface area (Å²) in [5.41, 5.74) is -6.06. The number of hydrogen-bond donors (Lipinski definition) is 2. The van der Waals surface area contributed by atoms with Crippen molar-refractivity contribution < 1.29 is 37.6 Å². The molecule has 0 atom stereocenters. The van der Waals surface area contributed by atoms with Crippen molar-refractivity contribution in [1.29, 1.82) is 0 Å². The Morgan fingerprint density at radius 3 is 1.25 bits per heavy atom. The van der Waals surface area contributed by atoms with Crippen LogP contribution in [0.15, 0.2) is 0 Å². The third-order valence-corrected chi connectivity index (χ3v) is 4.92. The van der Waals surface area contributed by atoms with Gasteiger partial charge >= 0.3 is 11.8 Å². The molecule has 24 heavy (non-hydrogen) atoms. The van der Waals surface area contributed by atoms with E-state index in [2.05, 4.69) is 0 Å². The first-order valence-electron chi connectivity index (χ1n) is 5.65. The van der Waals surface area contributed by atoms with Crippen LogP contribution in [0.3, 0.4) is 0 Å². The van der Waals surface area contributed by atoms with E-state index in [1.807, 2.05) is 0 Å². The highest BCUT2D eigenvalue weighted by Gasteiger charge is 2.51. The fourth-order valence-corrected chi connectivity index (χ4v) is 4.07. The molecular formula is C10H6F4I2N2O6. The van der Waals surface area contributed by atoms with Gasteiger partial charge in [-0.3, -0.25) is 20.2 Å². The molecule has 0 saturated heterocycles. The Balaban J connectivity index is 4.19. The van der Waals surface area contributed by atoms with Crippen LogP contribution in [0, 0.1) is 27.4 Å². The summed E-state index contributed by atoms with van der Waals surface area (Å²) in [6.07, 6.45) is 0. The number of nitrogens with zero attached hydrogens (tertiary/aromatic N) is 2. The van der Waals surface area contributed by atoms with Crippen LogP contribution in [-0.2, 0) is 11.8 Å². The van der Waals surface area contributed by atoms with Gasteiger partial charge in [0.15, 0.2) is 0 Å². The van der Waals surface area contributed by atoms with Crippen molar-refractivity contribution in [2.24, 2.45) is 0 Å². The highest BCUT2D eigenvalue weighted by Crippen LogP contribution is 2.50. The largest absolute Gasteiger partial charge is 0.390 e. The van der Waals surface area contributed by atoms with Crippen LogP contribution < -0.4 is 0 Å². The zero-order valence-corrected chi connectivity index (χ0v) is 15.4. The molecule has 0 aliphatic carbocycles. The van der Waals surface area contributed by atoms with E-state index < -0.39 is 64.5 Å². The van der Waals surface area contributed by atoms with Gasteiger partial charge in [0.1, 0.15) is 31.5 Å². The van der Waals surface area contributed by atoms with Crippen molar-refractivity contribution >= 4 is 56.6 Å². The molecule has 8 nitrogen and oxygen atoms in total. The Morgan fingerprint density at radius 1 is 0.833 bits per heavy atom. The van der Waals surface area contributed by atoms with Crippen molar-refractivity contribution in [2.75, 3.05) is 13.2 Å². The maximum atomic E-state index is 13.9. The molecule has 0 heterocycles. The van der Waals surface area contributed by atoms with Crippen LogP contribution in [0.4, 0.5) is 28.9 Å². The fraction of sp³-hybridized carbons (Fsp3) is 0.400. The van der Waals surface area contributed by atoms with Gasteiger partial charge in [0.05, 0.1) is 9.85 Å². The Labute approximate surface area is 157 Å². The van der Waals surface area contributed by atoms with Crippen molar-refractivity contribution in [3.63, 3.8) is 0 Å². The van der Waals surface area contributed by atoms with Gasteiger partial charge in [0.25, 0.3) is 11.4 Å². The minimum atomic E-state index is -4.28. The quantitative estimate of drug-likeness (QED) is 0.231. The van der Waals surface area contributed by atoms with Crippen molar-refractivity contribution in [3.8, 4) is 0 Å². The molecule has 1 aromatic rings. The predicted molar refractivity (Wildman–Crippen MR) is 87.1 cm³/mol. The van der Waals surface area contributed by atoms with Crippen molar-refractivity contribution in [2.45, 2.75) is 11.8 Å². The van der Waals surface area contributed by atoms with Gasteiger partial charge in [-0.2, -0.15) is 17.6 Å². The van der Waals surface area contributed by atoms with Crippen LogP contribution >= 0.6 is 45.2 Å². The lowest BCUT2D eigenvalue weighted by Crippen LogP contribution is -2.28. The smallest absolute Gasteiger partial charge is 0.303 e. The van der Waals surface area contributed by atoms with Gasteiger partial charge in [0.2, 0.25) is 0 Å². The molecule has 0 aliphatic rings. The topological polar surface area (TPSA) is 127 Å². The second-order valence-electron chi connectivity index (χ2n) is 4.31. The maximum absolute atomic E-state index is 13.9. The first-order chi connectivity index (χ1) is 10.8. The third kappa shape index (κ3) is 3.54. The minimum Gasteiger partial charge on any atom is -0.390 e. The predicted octanol–water partition coefficient (Wildman–Crippen LogP) is 2.88. The van der Waals surface area contributed by atoms with Crippen LogP contribution in [0.5, 0.6) is 0 Å². The first-order valence-corrected chi connectivity index (χ1v) is 7.81. The summed E-state index contributed by atoms with van der Waals surface area (Å²) in [5, 5.41) is 39.7. The van der Waals surface area contributed by atoms with Gasteiger partial charge in [0, 0.05) is 0 Å². The molecule has 1 aromatic carbocycles. The summed E-state index contributed by atoms with van der Waals surface area (Å²) < 4.78 is 53.3. The fourth-order valence-electron chi connectivity index (χ4n) is 1.83. The number of halogens is 6. The molecule has 134 valence electrons. The minimum absolute atomic E-state index is 0.907. The van der Waals surface area contributed by atoms with E-state index in [4.69, 9.17) is 10.2 Å². The number of aliphatic hydroxyl groups excluding tert-OH is 2. The van der Waals surface area contributed by atoms with E-state index >= 15 is 0 Å². The summed E-state index contributed by atoms with van der Waals surface area (Å²) in [7, 11) is 0. The molecule has 0 bridgehead atoms. The van der Waals surface area contributed by atoms with Crippen LogP contribution in [0.2, 0.25) is 0 Å². The SMILES string of the molecule is O=[N+]([O-])c1c(I)c(C(F)(F)CO)c([N+](=O)[O-])c(I)c1C(F)(F)CO. The summed E-state index contributed by atoms with van der Waals surface area (Å²) in [5.74, 6) is -8.56. The van der Waals surface area contributed by atoms with Crippen LogP contribution in [0.25, 0.3) is 0 Å². The van der Waals surface area contributed by atoms with E-state index in [1.165, 1.54) is 0 Å². The van der Waals surface area contributed by atoms with E-state index in [-0.39, 0.29) is 0 Å². The maximum Gasteiger partial charge on any atom is 0.303 e. The molecule has 1 rings (SSSR count). The van der Waals surface area contributed by atoms with Crippen LogP contribution in [-0.4, -0.2) is 33.3 Å². The zero-order chi connectivity index (χ0) is 19.0. The summed E-state index contributed by atoms with van der Waals surface area (Å²) >= 11 is 1.81. The lowest BCUT2D eigenvalue weighted by atomic mass is 9.98. The number of aliphatic hydroxyl groups is 2. The molecule has 0 radical (unpaired) electrons. The third-order valence-electron chi connectivity index (χ3n) is 2.82. The monoisotopic (exact) mass is 580 g/mol. The van der Waals surface area contributed by atoms with E-state index in [9.17, 15) is 37.8 Å². The molecule has 0 saturated carbocycles. The molecule has 0 amide bonds. The molecule has 0 spiro atoms. The number of nitro groups is 2. The molecule has 0 aliphatic heterocycles. The average molecular weight is 580 g/mol. The number of alkyl halides is 4. The zero-order valence-electron chi connectivity index (χ0n) is 11.1. The Bertz CT molecular complexity index is 656. The van der Waals surface area contributed by atoms with Crippen molar-refractivity contribution in [3.05, 3.63) is 38.5 Å². The van der Waals surface area contributed by atoms with Gasteiger partial charge in [-0.05, 0) is 45.2 Å². The van der Waals surface area contributed by atoms with Crippen molar-refractivity contribution in [1.82, 2.24) is 0 Å². The normalized spacial score (nSPS) is 12.3. The second-order valence-corrected chi connectivity index (χ2v) is 6.47. The Hall–Kier alpha value is -0.880. The first kappa shape index (κ1) is 21.2. The van der Waals surface area contributed by atoms with Crippen LogP contribution in [0.1, 0.15) is 11.1 Å². The highest BCUT2D eigenvalue weighted by atomic mass is 127. The molecular weight excluding hydrogens is 574 g/mol. The number of nitro benzene ring substituents is 2.